The molecule has 3 N–H and O–H groups in total. The number of nitrogens with zero attached hydrogens (tertiary/aromatic N) is 3. The zero-order chi connectivity index (χ0) is 25.2. The molecule has 0 unspecified atom stereocenters. The molecule has 1 saturated heterocycles. The van der Waals surface area contributed by atoms with Gasteiger partial charge in [0.25, 0.3) is 0 Å². The number of amides is 2. The molecule has 0 spiro atoms. The van der Waals surface area contributed by atoms with Gasteiger partial charge in [0, 0.05) is 32.3 Å². The van der Waals surface area contributed by atoms with E-state index in [0.29, 0.717) is 31.4 Å². The summed E-state index contributed by atoms with van der Waals surface area (Å²) >= 11 is 0. The van der Waals surface area contributed by atoms with Crippen LogP contribution in [0.3, 0.4) is 0 Å². The molecule has 35 heavy (non-hydrogen) atoms. The van der Waals surface area contributed by atoms with Gasteiger partial charge in [-0.15, -0.1) is 0 Å². The number of allylic oxidation sites excluding steroid dienone is 4. The molecule has 1 aromatic heterocycles. The lowest BCUT2D eigenvalue weighted by Gasteiger charge is -2.19. The first kappa shape index (κ1) is 24.0. The van der Waals surface area contributed by atoms with Crippen molar-refractivity contribution in [2.24, 2.45) is 0 Å². The van der Waals surface area contributed by atoms with Gasteiger partial charge in [-0.1, -0.05) is 24.3 Å². The standard InChI is InChI=1S/C23H23F3N6O3/c1-13(33)28-19-10-15(14-4-3-5-14)6-7-18(19)30-20-17(23(24,25)26)11-27-21(31-20)29-16-8-9-32(12-16)22(34)35-2/h3-7,10-11,16H,8-9,12H2,1-2H3,(H,28,33)(H2,27,29,30,31)/t16-/m0/s1. The fraction of sp³-hybridized carbons (Fsp3) is 0.304. The van der Waals surface area contributed by atoms with Gasteiger partial charge < -0.3 is 25.6 Å². The topological polar surface area (TPSA) is 108 Å². The maximum absolute atomic E-state index is 13.7. The molecule has 1 aromatic carbocycles. The maximum atomic E-state index is 13.7. The minimum atomic E-state index is -4.72. The summed E-state index contributed by atoms with van der Waals surface area (Å²) in [6.07, 6.45) is 1.68. The van der Waals surface area contributed by atoms with Gasteiger partial charge in [0.1, 0.15) is 11.4 Å². The summed E-state index contributed by atoms with van der Waals surface area (Å²) in [6, 6.07) is 4.73. The average molecular weight is 488 g/mol. The molecule has 1 aliphatic carbocycles. The van der Waals surface area contributed by atoms with Gasteiger partial charge in [-0.25, -0.2) is 9.78 Å². The number of ether oxygens (including phenoxy) is 1. The molecule has 9 nitrogen and oxygen atoms in total. The van der Waals surface area contributed by atoms with Gasteiger partial charge in [-0.3, -0.25) is 4.79 Å². The average Bonchev–Trinajstić information content (AvgIpc) is 3.21. The van der Waals surface area contributed by atoms with Crippen LogP contribution in [0.1, 0.15) is 24.5 Å². The van der Waals surface area contributed by atoms with E-state index < -0.39 is 23.7 Å². The van der Waals surface area contributed by atoms with Crippen molar-refractivity contribution in [2.45, 2.75) is 25.6 Å². The lowest BCUT2D eigenvalue weighted by atomic mass is 9.98. The van der Waals surface area contributed by atoms with E-state index in [9.17, 15) is 22.8 Å². The third-order valence-corrected chi connectivity index (χ3v) is 5.52. The SMILES string of the molecule is COC(=O)N1CC[C@H](Nc2ncc(C(F)(F)F)c(Nc3ccc(C4=CC=C4)cc3NC(C)=O)n2)C1. The summed E-state index contributed by atoms with van der Waals surface area (Å²) in [5.41, 5.74) is 1.22. The molecule has 0 bridgehead atoms. The van der Waals surface area contributed by atoms with Crippen LogP contribution in [-0.2, 0) is 15.7 Å². The molecule has 1 fully saturated rings. The first-order chi connectivity index (χ1) is 16.6. The van der Waals surface area contributed by atoms with Gasteiger partial charge in [0.05, 0.1) is 18.5 Å². The van der Waals surface area contributed by atoms with Crippen molar-refractivity contribution in [3.63, 3.8) is 0 Å². The van der Waals surface area contributed by atoms with Crippen molar-refractivity contribution in [1.29, 1.82) is 0 Å². The van der Waals surface area contributed by atoms with Crippen LogP contribution in [-0.4, -0.2) is 53.1 Å². The molecule has 1 aliphatic heterocycles. The fourth-order valence-electron chi connectivity index (χ4n) is 3.75. The van der Waals surface area contributed by atoms with Crippen molar-refractivity contribution >= 4 is 40.7 Å². The molecule has 2 amide bonds. The van der Waals surface area contributed by atoms with E-state index in [2.05, 4.69) is 25.9 Å². The molecule has 0 radical (unpaired) electrons. The summed E-state index contributed by atoms with van der Waals surface area (Å²) in [6.45, 7) is 2.05. The number of carbonyl (C=O) groups is 2. The van der Waals surface area contributed by atoms with Crippen LogP contribution in [0.15, 0.2) is 42.6 Å². The molecule has 4 rings (SSSR count). The number of alkyl halides is 3. The predicted molar refractivity (Wildman–Crippen MR) is 124 cm³/mol. The van der Waals surface area contributed by atoms with E-state index >= 15 is 0 Å². The van der Waals surface area contributed by atoms with Crippen molar-refractivity contribution in [1.82, 2.24) is 14.9 Å². The first-order valence-electron chi connectivity index (χ1n) is 10.7. The van der Waals surface area contributed by atoms with Crippen LogP contribution < -0.4 is 16.0 Å². The Morgan fingerprint density at radius 2 is 2.00 bits per heavy atom. The quantitative estimate of drug-likeness (QED) is 0.553. The smallest absolute Gasteiger partial charge is 0.421 e. The number of hydrogen-bond acceptors (Lipinski definition) is 7. The van der Waals surface area contributed by atoms with Crippen molar-refractivity contribution in [2.75, 3.05) is 36.1 Å². The Balaban J connectivity index is 1.62. The second-order valence-corrected chi connectivity index (χ2v) is 8.05. The number of carbonyl (C=O) groups excluding carboxylic acids is 2. The van der Waals surface area contributed by atoms with E-state index in [1.165, 1.54) is 18.9 Å². The highest BCUT2D eigenvalue weighted by atomic mass is 19.4. The Bertz CT molecular complexity index is 1210. The van der Waals surface area contributed by atoms with Crippen LogP contribution in [0.5, 0.6) is 0 Å². The molecular formula is C23H23F3N6O3. The van der Waals surface area contributed by atoms with Gasteiger partial charge >= 0.3 is 12.3 Å². The van der Waals surface area contributed by atoms with Crippen LogP contribution in [0.2, 0.25) is 0 Å². The normalized spacial score (nSPS) is 16.9. The molecule has 2 aliphatic rings. The van der Waals surface area contributed by atoms with E-state index in [1.54, 1.807) is 18.2 Å². The van der Waals surface area contributed by atoms with Gasteiger partial charge in [-0.05, 0) is 29.7 Å². The molecule has 2 heterocycles. The molecular weight excluding hydrogens is 465 g/mol. The fourth-order valence-corrected chi connectivity index (χ4v) is 3.75. The Hall–Kier alpha value is -4.09. The number of likely N-dealkylation sites (tertiary alicyclic amines) is 1. The monoisotopic (exact) mass is 488 g/mol. The number of benzene rings is 1. The molecule has 2 aromatic rings. The Morgan fingerprint density at radius 3 is 2.63 bits per heavy atom. The van der Waals surface area contributed by atoms with Gasteiger partial charge in [-0.2, -0.15) is 18.2 Å². The number of halogens is 3. The summed E-state index contributed by atoms with van der Waals surface area (Å²) < 4.78 is 45.9. The number of aromatic nitrogens is 2. The van der Waals surface area contributed by atoms with Crippen LogP contribution >= 0.6 is 0 Å². The number of anilines is 4. The van der Waals surface area contributed by atoms with E-state index in [1.807, 2.05) is 18.2 Å². The minimum absolute atomic E-state index is 0.0281. The number of rotatable bonds is 6. The van der Waals surface area contributed by atoms with Crippen molar-refractivity contribution in [3.8, 4) is 0 Å². The molecule has 184 valence electrons. The molecule has 12 heteroatoms. The number of methoxy groups -OCH3 is 1. The first-order valence-corrected chi connectivity index (χ1v) is 10.7. The number of nitrogens with one attached hydrogen (secondary N) is 3. The van der Waals surface area contributed by atoms with Gasteiger partial charge in [0.2, 0.25) is 11.9 Å². The van der Waals surface area contributed by atoms with Crippen LogP contribution in [0, 0.1) is 0 Å². The molecule has 0 saturated carbocycles. The van der Waals surface area contributed by atoms with Crippen molar-refractivity contribution < 1.29 is 27.5 Å². The Labute approximate surface area is 199 Å². The van der Waals surface area contributed by atoms with E-state index in [0.717, 1.165) is 11.1 Å². The Kier molecular flexibility index (Phi) is 6.63. The van der Waals surface area contributed by atoms with Crippen molar-refractivity contribution in [3.05, 3.63) is 53.8 Å². The highest BCUT2D eigenvalue weighted by Gasteiger charge is 2.36. The van der Waals surface area contributed by atoms with E-state index in [4.69, 9.17) is 4.74 Å². The summed E-state index contributed by atoms with van der Waals surface area (Å²) in [7, 11) is 1.28. The summed E-state index contributed by atoms with van der Waals surface area (Å²) in [5.74, 6) is -0.875. The van der Waals surface area contributed by atoms with E-state index in [-0.39, 0.29) is 23.6 Å². The highest BCUT2D eigenvalue weighted by Crippen LogP contribution is 2.37. The third kappa shape index (κ3) is 5.53. The lowest BCUT2D eigenvalue weighted by Crippen LogP contribution is -2.31. The minimum Gasteiger partial charge on any atom is -0.453 e. The van der Waals surface area contributed by atoms with Crippen LogP contribution in [0.4, 0.5) is 41.1 Å². The molecule has 1 atom stereocenters. The highest BCUT2D eigenvalue weighted by molar-refractivity contribution is 5.95. The zero-order valence-electron chi connectivity index (χ0n) is 18.9. The Morgan fingerprint density at radius 1 is 1.23 bits per heavy atom. The van der Waals surface area contributed by atoms with Crippen LogP contribution in [0.25, 0.3) is 5.57 Å². The predicted octanol–water partition coefficient (Wildman–Crippen LogP) is 4.40. The summed E-state index contributed by atoms with van der Waals surface area (Å²) in [5, 5.41) is 8.33. The van der Waals surface area contributed by atoms with Gasteiger partial charge in [0.15, 0.2) is 0 Å². The zero-order valence-corrected chi connectivity index (χ0v) is 18.9. The third-order valence-electron chi connectivity index (χ3n) is 5.52. The maximum Gasteiger partial charge on any atom is 0.421 e. The number of hydrogen-bond donors (Lipinski definition) is 3. The summed E-state index contributed by atoms with van der Waals surface area (Å²) in [4.78, 5) is 32.8. The lowest BCUT2D eigenvalue weighted by molar-refractivity contribution is -0.137. The second kappa shape index (κ2) is 9.65. The largest absolute Gasteiger partial charge is 0.453 e. The second-order valence-electron chi connectivity index (χ2n) is 8.05.